The van der Waals surface area contributed by atoms with Crippen molar-refractivity contribution in [3.05, 3.63) is 79.5 Å². The van der Waals surface area contributed by atoms with Crippen LogP contribution < -0.4 is 0 Å². The van der Waals surface area contributed by atoms with Crippen LogP contribution in [0.25, 0.3) is 59.2 Å². The van der Waals surface area contributed by atoms with E-state index in [1.165, 1.54) is 80.1 Å². The third-order valence-electron chi connectivity index (χ3n) is 9.02. The summed E-state index contributed by atoms with van der Waals surface area (Å²) < 4.78 is 5.73. The topological polar surface area (TPSA) is 0 Å². The van der Waals surface area contributed by atoms with E-state index in [1.807, 2.05) is 68.0 Å². The van der Waals surface area contributed by atoms with E-state index in [9.17, 15) is 0 Å². The molecule has 9 rings (SSSR count). The zero-order valence-electron chi connectivity index (χ0n) is 23.1. The first kappa shape index (κ1) is 24.5. The van der Waals surface area contributed by atoms with Crippen molar-refractivity contribution in [2.45, 2.75) is 53.4 Å². The Bertz CT molecular complexity index is 1980. The highest BCUT2D eigenvalue weighted by Gasteiger charge is 2.39. The molecule has 2 unspecified atom stereocenters. The van der Waals surface area contributed by atoms with Crippen molar-refractivity contribution >= 4 is 86.8 Å². The average molecular weight is 627 g/mol. The molecule has 0 fully saturated rings. The highest BCUT2D eigenvalue weighted by atomic mass is 32.1. The fraction of sp³-hybridized carbons (Fsp3) is 0.235. The van der Waals surface area contributed by atoms with Gasteiger partial charge in [0.2, 0.25) is 0 Å². The largest absolute Gasteiger partial charge is 0.140 e. The average Bonchev–Trinajstić information content (AvgIpc) is 3.71. The smallest absolute Gasteiger partial charge is 0.0463 e. The minimum atomic E-state index is 0.438. The van der Waals surface area contributed by atoms with Crippen molar-refractivity contribution in [3.63, 3.8) is 0 Å². The number of thiophene rings is 6. The Morgan fingerprint density at radius 3 is 1.23 bits per heavy atom. The van der Waals surface area contributed by atoms with Gasteiger partial charge in [-0.1, -0.05) is 13.8 Å². The minimum Gasteiger partial charge on any atom is -0.140 e. The third-order valence-corrected chi connectivity index (χ3v) is 16.2. The summed E-state index contributed by atoms with van der Waals surface area (Å²) in [6.45, 7) is 14.1. The van der Waals surface area contributed by atoms with Crippen molar-refractivity contribution in [2.75, 3.05) is 0 Å². The molecule has 6 heterocycles. The molecule has 0 spiro atoms. The summed E-state index contributed by atoms with van der Waals surface area (Å²) in [5, 5.41) is 0. The van der Waals surface area contributed by atoms with E-state index >= 15 is 0 Å². The van der Waals surface area contributed by atoms with Crippen molar-refractivity contribution < 1.29 is 0 Å². The molecule has 0 bridgehead atoms. The Morgan fingerprint density at radius 1 is 0.450 bits per heavy atom. The number of aryl methyl sites for hydroxylation is 2. The fourth-order valence-corrected chi connectivity index (χ4v) is 14.8. The molecule has 2 aliphatic rings. The van der Waals surface area contributed by atoms with Gasteiger partial charge in [-0.25, -0.2) is 0 Å². The lowest BCUT2D eigenvalue weighted by atomic mass is 9.85. The van der Waals surface area contributed by atoms with Gasteiger partial charge in [-0.15, -0.1) is 68.0 Å². The van der Waals surface area contributed by atoms with E-state index in [2.05, 4.69) is 77.9 Å². The van der Waals surface area contributed by atoms with Crippen molar-refractivity contribution in [2.24, 2.45) is 0 Å². The lowest BCUT2D eigenvalue weighted by molar-refractivity contribution is 0.926. The van der Waals surface area contributed by atoms with Crippen molar-refractivity contribution in [1.82, 2.24) is 0 Å². The summed E-state index contributed by atoms with van der Waals surface area (Å²) in [5.41, 5.74) is 12.3. The zero-order valence-corrected chi connectivity index (χ0v) is 28.0. The molecular formula is C34H26S6. The second-order valence-electron chi connectivity index (χ2n) is 11.5. The van der Waals surface area contributed by atoms with E-state index in [-0.39, 0.29) is 0 Å². The van der Waals surface area contributed by atoms with E-state index < -0.39 is 0 Å². The SMILES string of the molecule is Cc1cc2sc(-c3cc4c(s3)-c3c(C)c5c(c(C)c3C4C)-c3sc(-c4cc6sc(C)cc6s4)cc3C5C)cc2s1. The van der Waals surface area contributed by atoms with Gasteiger partial charge >= 0.3 is 0 Å². The van der Waals surface area contributed by atoms with Gasteiger partial charge in [-0.3, -0.25) is 0 Å². The van der Waals surface area contributed by atoms with Crippen LogP contribution in [0, 0.1) is 27.7 Å². The Balaban J connectivity index is 1.18. The normalized spacial score (nSPS) is 17.2. The molecule has 0 radical (unpaired) electrons. The second-order valence-corrected chi connectivity index (χ2v) is 18.3. The quantitative estimate of drug-likeness (QED) is 0.179. The van der Waals surface area contributed by atoms with Gasteiger partial charge in [-0.2, -0.15) is 0 Å². The Hall–Kier alpha value is -2.06. The molecule has 0 aliphatic heterocycles. The van der Waals surface area contributed by atoms with Gasteiger partial charge in [0, 0.05) is 69.7 Å². The van der Waals surface area contributed by atoms with E-state index in [0.717, 1.165) is 0 Å². The molecule has 0 saturated heterocycles. The van der Waals surface area contributed by atoms with Crippen molar-refractivity contribution in [1.29, 1.82) is 0 Å². The zero-order chi connectivity index (χ0) is 27.2. The summed E-state index contributed by atoms with van der Waals surface area (Å²) in [6, 6.07) is 14.6. The first-order valence-electron chi connectivity index (χ1n) is 13.7. The van der Waals surface area contributed by atoms with Crippen LogP contribution in [0.5, 0.6) is 0 Å². The number of benzene rings is 1. The maximum Gasteiger partial charge on any atom is 0.0463 e. The van der Waals surface area contributed by atoms with Gasteiger partial charge in [0.15, 0.2) is 0 Å². The highest BCUT2D eigenvalue weighted by molar-refractivity contribution is 7.32. The second kappa shape index (κ2) is 8.27. The summed E-state index contributed by atoms with van der Waals surface area (Å²) in [4.78, 5) is 11.6. The molecule has 2 aliphatic carbocycles. The number of fused-ring (bicyclic) bond motifs is 8. The summed E-state index contributed by atoms with van der Waals surface area (Å²) >= 11 is 11.8. The van der Waals surface area contributed by atoms with Crippen LogP contribution in [0.3, 0.4) is 0 Å². The molecule has 198 valence electrons. The molecule has 2 atom stereocenters. The summed E-state index contributed by atoms with van der Waals surface area (Å²) in [7, 11) is 0. The van der Waals surface area contributed by atoms with Gasteiger partial charge in [0.1, 0.15) is 0 Å². The van der Waals surface area contributed by atoms with Gasteiger partial charge in [-0.05, 0) is 109 Å². The molecule has 40 heavy (non-hydrogen) atoms. The Labute approximate surface area is 258 Å². The van der Waals surface area contributed by atoms with Crippen LogP contribution in [0.4, 0.5) is 0 Å². The molecule has 0 amide bonds. The van der Waals surface area contributed by atoms with Gasteiger partial charge in [0.25, 0.3) is 0 Å². The fourth-order valence-electron chi connectivity index (χ4n) is 7.27. The predicted molar refractivity (Wildman–Crippen MR) is 184 cm³/mol. The van der Waals surface area contributed by atoms with E-state index in [4.69, 9.17) is 0 Å². The third kappa shape index (κ3) is 3.15. The number of hydrogen-bond acceptors (Lipinski definition) is 6. The van der Waals surface area contributed by atoms with Crippen LogP contribution in [0.15, 0.2) is 36.4 Å². The predicted octanol–water partition coefficient (Wildman–Crippen LogP) is 13.2. The molecule has 6 heteroatoms. The molecule has 0 saturated carbocycles. The molecular weight excluding hydrogens is 601 g/mol. The monoisotopic (exact) mass is 626 g/mol. The van der Waals surface area contributed by atoms with Crippen LogP contribution in [-0.4, -0.2) is 0 Å². The summed E-state index contributed by atoms with van der Waals surface area (Å²) in [6.07, 6.45) is 0. The van der Waals surface area contributed by atoms with Crippen LogP contribution in [-0.2, 0) is 0 Å². The molecule has 7 aromatic rings. The first-order valence-corrected chi connectivity index (χ1v) is 18.6. The molecule has 1 aromatic carbocycles. The standard InChI is InChI=1S/C34H26S6/c1-13-7-21-25(35-13)11-27(37-21)23-9-19-15(3)29-18(6)32-30(17(5)31(29)33(19)39-23)16(4)20-10-24(40-34(20)32)28-12-26-22(38-28)8-14(2)36-26/h7-12,15-16H,1-6H3. The lowest BCUT2D eigenvalue weighted by Gasteiger charge is -2.20. The van der Waals surface area contributed by atoms with Gasteiger partial charge < -0.3 is 0 Å². The Kier molecular flexibility index (Phi) is 5.07. The van der Waals surface area contributed by atoms with Gasteiger partial charge in [0.05, 0.1) is 0 Å². The number of rotatable bonds is 2. The summed E-state index contributed by atoms with van der Waals surface area (Å²) in [5.74, 6) is 0.877. The number of hydrogen-bond donors (Lipinski definition) is 0. The van der Waals surface area contributed by atoms with Crippen molar-refractivity contribution in [3.8, 4) is 40.4 Å². The van der Waals surface area contributed by atoms with Crippen LogP contribution in [0.1, 0.15) is 68.8 Å². The highest BCUT2D eigenvalue weighted by Crippen LogP contribution is 2.61. The maximum absolute atomic E-state index is 2.51. The molecule has 0 nitrogen and oxygen atoms in total. The molecule has 0 N–H and O–H groups in total. The molecule has 6 aromatic heterocycles. The Morgan fingerprint density at radius 2 is 0.825 bits per heavy atom. The minimum absolute atomic E-state index is 0.438. The lowest BCUT2D eigenvalue weighted by Crippen LogP contribution is -2.01. The van der Waals surface area contributed by atoms with E-state index in [1.54, 1.807) is 22.3 Å². The van der Waals surface area contributed by atoms with Crippen LogP contribution >= 0.6 is 68.0 Å². The maximum atomic E-state index is 2.51. The first-order chi connectivity index (χ1) is 19.3. The van der Waals surface area contributed by atoms with E-state index in [0.29, 0.717) is 11.8 Å². The van der Waals surface area contributed by atoms with Crippen LogP contribution in [0.2, 0.25) is 0 Å².